The number of nitrogens with one attached hydrogen (secondary N) is 1. The van der Waals surface area contributed by atoms with E-state index in [1.54, 1.807) is 39.0 Å². The fourth-order valence-electron chi connectivity index (χ4n) is 4.51. The molecule has 2 N–H and O–H groups in total. The number of aliphatic hydroxyl groups excluding tert-OH is 1. The third kappa shape index (κ3) is 15.5. The summed E-state index contributed by atoms with van der Waals surface area (Å²) in [6, 6.07) is 12.6. The monoisotopic (exact) mass is 747 g/mol. The standard InChI is InChI=1S/C37H49NO13S/c1-6-34(40)47-20-16-43-14-18-45-26(3)50-24-37(5,25-51-27(4)46-19-15-44-17-21-48-35(41)7-2)38-33(39)23-49-28-12-13-32-30(22-28)36(42)29-10-8-9-11-31(29)52-32/h6-13,22,26-27,34,40H,1-2,14-21,23-25H2,3-5H3,(H,38,39). The summed E-state index contributed by atoms with van der Waals surface area (Å²) in [7, 11) is 0. The van der Waals surface area contributed by atoms with Gasteiger partial charge in [0, 0.05) is 26.2 Å². The van der Waals surface area contributed by atoms with Gasteiger partial charge in [-0.2, -0.15) is 0 Å². The summed E-state index contributed by atoms with van der Waals surface area (Å²) in [5.41, 5.74) is -1.13. The lowest BCUT2D eigenvalue weighted by atomic mass is 10.1. The minimum Gasteiger partial charge on any atom is -0.484 e. The van der Waals surface area contributed by atoms with Crippen LogP contribution in [0.1, 0.15) is 20.8 Å². The summed E-state index contributed by atoms with van der Waals surface area (Å²) >= 11 is 1.51. The first kappa shape index (κ1) is 42.6. The van der Waals surface area contributed by atoms with Gasteiger partial charge in [-0.15, -0.1) is 11.3 Å². The molecule has 0 aliphatic carbocycles. The smallest absolute Gasteiger partial charge is 0.330 e. The lowest BCUT2D eigenvalue weighted by Gasteiger charge is -2.32. The molecule has 4 atom stereocenters. The zero-order valence-electron chi connectivity index (χ0n) is 29.9. The van der Waals surface area contributed by atoms with Crippen LogP contribution in [0.25, 0.3) is 20.2 Å². The molecule has 0 radical (unpaired) electrons. The molecule has 0 bridgehead atoms. The number of carbonyl (C=O) groups excluding carboxylic acids is 2. The maximum absolute atomic E-state index is 13.2. The lowest BCUT2D eigenvalue weighted by Crippen LogP contribution is -2.55. The summed E-state index contributed by atoms with van der Waals surface area (Å²) in [5, 5.41) is 13.4. The van der Waals surface area contributed by atoms with E-state index < -0.39 is 36.3 Å². The Bertz CT molecular complexity index is 1630. The van der Waals surface area contributed by atoms with Crippen molar-refractivity contribution in [2.45, 2.75) is 45.2 Å². The summed E-state index contributed by atoms with van der Waals surface area (Å²) in [6.45, 7) is 13.4. The van der Waals surface area contributed by atoms with Gasteiger partial charge in [0.1, 0.15) is 12.4 Å². The Morgan fingerprint density at radius 1 is 0.827 bits per heavy atom. The number of esters is 1. The third-order valence-corrected chi connectivity index (χ3v) is 8.30. The molecule has 1 aromatic heterocycles. The van der Waals surface area contributed by atoms with Crippen molar-refractivity contribution in [3.05, 3.63) is 78.0 Å². The van der Waals surface area contributed by atoms with E-state index in [0.29, 0.717) is 16.5 Å². The minimum atomic E-state index is -1.04. The fourth-order valence-corrected chi connectivity index (χ4v) is 5.56. The van der Waals surface area contributed by atoms with Crippen molar-refractivity contribution in [3.8, 4) is 5.75 Å². The van der Waals surface area contributed by atoms with Crippen LogP contribution in [0.4, 0.5) is 0 Å². The van der Waals surface area contributed by atoms with Crippen LogP contribution in [-0.2, 0) is 47.5 Å². The highest BCUT2D eigenvalue weighted by atomic mass is 32.1. The molecule has 2 aromatic carbocycles. The predicted octanol–water partition coefficient (Wildman–Crippen LogP) is 3.71. The van der Waals surface area contributed by atoms with Gasteiger partial charge in [0.15, 0.2) is 30.9 Å². The topological polar surface area (TPSA) is 167 Å². The van der Waals surface area contributed by atoms with E-state index in [1.807, 2.05) is 24.3 Å². The number of carbonyl (C=O) groups is 2. The van der Waals surface area contributed by atoms with Gasteiger partial charge in [0.25, 0.3) is 5.91 Å². The van der Waals surface area contributed by atoms with E-state index in [-0.39, 0.29) is 78.1 Å². The first-order chi connectivity index (χ1) is 25.0. The van der Waals surface area contributed by atoms with Crippen molar-refractivity contribution in [1.29, 1.82) is 0 Å². The van der Waals surface area contributed by atoms with Crippen LogP contribution in [-0.4, -0.2) is 114 Å². The molecular weight excluding hydrogens is 698 g/mol. The van der Waals surface area contributed by atoms with Gasteiger partial charge < -0.3 is 53.1 Å². The van der Waals surface area contributed by atoms with Gasteiger partial charge in [-0.25, -0.2) is 4.79 Å². The fraction of sp³-hybridized carbons (Fsp3) is 0.486. The van der Waals surface area contributed by atoms with Gasteiger partial charge in [-0.3, -0.25) is 9.59 Å². The summed E-state index contributed by atoms with van der Waals surface area (Å²) in [4.78, 5) is 37.4. The molecule has 286 valence electrons. The molecule has 3 aromatic rings. The Labute approximate surface area is 307 Å². The van der Waals surface area contributed by atoms with Crippen molar-refractivity contribution in [2.75, 3.05) is 72.7 Å². The average molecular weight is 748 g/mol. The van der Waals surface area contributed by atoms with E-state index in [0.717, 1.165) is 15.5 Å². The van der Waals surface area contributed by atoms with Crippen molar-refractivity contribution < 1.29 is 57.3 Å². The number of hydrogen-bond donors (Lipinski definition) is 2. The second kappa shape index (κ2) is 23.0. The third-order valence-electron chi connectivity index (χ3n) is 7.15. The highest BCUT2D eigenvalue weighted by molar-refractivity contribution is 7.24. The van der Waals surface area contributed by atoms with Crippen LogP contribution < -0.4 is 15.5 Å². The maximum atomic E-state index is 13.2. The molecule has 0 saturated carbocycles. The number of amides is 1. The summed E-state index contributed by atoms with van der Waals surface area (Å²) < 4.78 is 51.4. The molecule has 0 saturated heterocycles. The molecule has 3 rings (SSSR count). The van der Waals surface area contributed by atoms with Crippen LogP contribution in [0.3, 0.4) is 0 Å². The zero-order valence-corrected chi connectivity index (χ0v) is 30.7. The zero-order chi connectivity index (χ0) is 37.8. The Kier molecular flexibility index (Phi) is 18.9. The predicted molar refractivity (Wildman–Crippen MR) is 195 cm³/mol. The van der Waals surface area contributed by atoms with Gasteiger partial charge in [-0.1, -0.05) is 25.3 Å². The van der Waals surface area contributed by atoms with Crippen LogP contribution >= 0.6 is 11.3 Å². The van der Waals surface area contributed by atoms with Gasteiger partial charge in [0.05, 0.1) is 65.0 Å². The molecule has 1 amide bonds. The second-order valence-corrected chi connectivity index (χ2v) is 12.7. The largest absolute Gasteiger partial charge is 0.484 e. The Morgan fingerprint density at radius 2 is 1.42 bits per heavy atom. The van der Waals surface area contributed by atoms with Gasteiger partial charge in [0.2, 0.25) is 0 Å². The summed E-state index contributed by atoms with van der Waals surface area (Å²) in [5.74, 6) is -0.581. The number of ether oxygens (including phenoxy) is 9. The van der Waals surface area contributed by atoms with Crippen molar-refractivity contribution in [3.63, 3.8) is 0 Å². The molecule has 0 aliphatic rings. The molecule has 0 fully saturated rings. The first-order valence-corrected chi connectivity index (χ1v) is 17.6. The number of rotatable bonds is 27. The SMILES string of the molecule is C=CC(=O)OCCOCCOC(C)OCC(C)(COC(C)OCCOCCOC(O)C=C)NC(=O)COc1ccc2sc3ccccc3c(=O)c2c1. The molecule has 15 heteroatoms. The molecule has 14 nitrogen and oxygen atoms in total. The quantitative estimate of drug-likeness (QED) is 0.0290. The van der Waals surface area contributed by atoms with Gasteiger partial charge in [-0.05, 0) is 57.2 Å². The van der Waals surface area contributed by atoms with E-state index in [4.69, 9.17) is 42.6 Å². The number of hydrogen-bond acceptors (Lipinski definition) is 14. The molecule has 4 unspecified atom stereocenters. The average Bonchev–Trinajstić information content (AvgIpc) is 3.14. The molecule has 0 spiro atoms. The molecular formula is C37H49NO13S. The Hall–Kier alpha value is -3.77. The van der Waals surface area contributed by atoms with Crippen LogP contribution in [0.2, 0.25) is 0 Å². The second-order valence-electron chi connectivity index (χ2n) is 11.6. The van der Waals surface area contributed by atoms with E-state index in [1.165, 1.54) is 17.4 Å². The molecule has 0 aliphatic heterocycles. The van der Waals surface area contributed by atoms with Crippen molar-refractivity contribution in [1.82, 2.24) is 5.32 Å². The van der Waals surface area contributed by atoms with Gasteiger partial charge >= 0.3 is 5.97 Å². The molecule has 52 heavy (non-hydrogen) atoms. The van der Waals surface area contributed by atoms with Crippen LogP contribution in [0.15, 0.2) is 72.6 Å². The number of fused-ring (bicyclic) bond motifs is 2. The van der Waals surface area contributed by atoms with Crippen molar-refractivity contribution >= 4 is 43.4 Å². The normalized spacial score (nSPS) is 14.3. The van der Waals surface area contributed by atoms with E-state index >= 15 is 0 Å². The Morgan fingerprint density at radius 3 is 2.06 bits per heavy atom. The highest BCUT2D eigenvalue weighted by Gasteiger charge is 2.30. The van der Waals surface area contributed by atoms with E-state index in [2.05, 4.69) is 18.5 Å². The first-order valence-electron chi connectivity index (χ1n) is 16.8. The van der Waals surface area contributed by atoms with Crippen LogP contribution in [0, 0.1) is 0 Å². The maximum Gasteiger partial charge on any atom is 0.330 e. The molecule has 1 heterocycles. The van der Waals surface area contributed by atoms with Crippen molar-refractivity contribution in [2.24, 2.45) is 0 Å². The minimum absolute atomic E-state index is 0.00857. The Balaban J connectivity index is 1.51. The lowest BCUT2D eigenvalue weighted by molar-refractivity contribution is -0.178. The number of benzene rings is 2. The highest BCUT2D eigenvalue weighted by Crippen LogP contribution is 2.27. The van der Waals surface area contributed by atoms with Crippen LogP contribution in [0.5, 0.6) is 5.75 Å². The number of aliphatic hydroxyl groups is 1. The van der Waals surface area contributed by atoms with E-state index in [9.17, 15) is 19.5 Å². The summed E-state index contributed by atoms with van der Waals surface area (Å²) in [6.07, 6.45) is -0.00105.